The molecular weight excluding hydrogens is 464 g/mol. The van der Waals surface area contributed by atoms with E-state index in [1.54, 1.807) is 19.2 Å². The van der Waals surface area contributed by atoms with Gasteiger partial charge in [-0.25, -0.2) is 4.79 Å². The summed E-state index contributed by atoms with van der Waals surface area (Å²) < 4.78 is 6.50. The van der Waals surface area contributed by atoms with Crippen LogP contribution in [0.3, 0.4) is 0 Å². The molecule has 0 spiro atoms. The fourth-order valence-corrected chi connectivity index (χ4v) is 4.91. The van der Waals surface area contributed by atoms with E-state index >= 15 is 0 Å². The summed E-state index contributed by atoms with van der Waals surface area (Å²) in [4.78, 5) is 28.6. The Balaban J connectivity index is 2.16. The maximum Gasteiger partial charge on any atom is 0.341 e. The maximum absolute atomic E-state index is 12.5. The molecule has 1 heterocycles. The minimum Gasteiger partial charge on any atom is -0.462 e. The zero-order chi connectivity index (χ0) is 20.3. The van der Waals surface area contributed by atoms with Crippen molar-refractivity contribution in [1.29, 1.82) is 0 Å². The lowest BCUT2D eigenvalue weighted by atomic mass is 10.1. The standard InChI is InChI=1S/C20H16BrClN2O3S/c1-3-27-20(26)16-15-14(21)9-12(10-23-13-7-5-4-6-8-13)17(22)18(15)28-19(16)24-11(2)25/h4-10H,3H2,1-2H3,(H,24,25). The molecule has 3 aromatic rings. The van der Waals surface area contributed by atoms with Gasteiger partial charge in [0.2, 0.25) is 5.91 Å². The first kappa shape index (κ1) is 20.5. The third-order valence-corrected chi connectivity index (χ3v) is 6.03. The number of anilines is 1. The zero-order valence-electron chi connectivity index (χ0n) is 15.1. The molecule has 0 unspecified atom stereocenters. The molecule has 144 valence electrons. The molecule has 1 aromatic heterocycles. The minimum atomic E-state index is -0.514. The van der Waals surface area contributed by atoms with Gasteiger partial charge in [-0.2, -0.15) is 0 Å². The van der Waals surface area contributed by atoms with E-state index in [1.165, 1.54) is 18.3 Å². The van der Waals surface area contributed by atoms with Gasteiger partial charge in [-0.05, 0) is 25.1 Å². The van der Waals surface area contributed by atoms with Gasteiger partial charge in [-0.15, -0.1) is 11.3 Å². The van der Waals surface area contributed by atoms with Crippen molar-refractivity contribution < 1.29 is 14.3 Å². The molecule has 0 aliphatic carbocycles. The number of halogens is 2. The maximum atomic E-state index is 12.5. The fraction of sp³-hybridized carbons (Fsp3) is 0.150. The predicted molar refractivity (Wildman–Crippen MR) is 118 cm³/mol. The average molecular weight is 480 g/mol. The normalized spacial score (nSPS) is 11.1. The number of thiophene rings is 1. The van der Waals surface area contributed by atoms with Crippen LogP contribution in [0, 0.1) is 0 Å². The number of aliphatic imine (C=N–C) groups is 1. The molecule has 28 heavy (non-hydrogen) atoms. The number of esters is 1. The Morgan fingerprint density at radius 2 is 2.04 bits per heavy atom. The van der Waals surface area contributed by atoms with Gasteiger partial charge in [0.1, 0.15) is 10.6 Å². The van der Waals surface area contributed by atoms with Gasteiger partial charge in [-0.3, -0.25) is 9.79 Å². The molecule has 5 nitrogen and oxygen atoms in total. The number of hydrogen-bond acceptors (Lipinski definition) is 5. The highest BCUT2D eigenvalue weighted by Crippen LogP contribution is 2.44. The molecular formula is C20H16BrClN2O3S. The number of hydrogen-bond donors (Lipinski definition) is 1. The van der Waals surface area contributed by atoms with Crippen LogP contribution in [-0.4, -0.2) is 24.7 Å². The number of rotatable bonds is 5. The summed E-state index contributed by atoms with van der Waals surface area (Å²) in [5.41, 5.74) is 1.78. The van der Waals surface area contributed by atoms with Gasteiger partial charge in [0, 0.05) is 28.6 Å². The number of carbonyl (C=O) groups is 2. The summed E-state index contributed by atoms with van der Waals surface area (Å²) in [5.74, 6) is -0.796. The SMILES string of the molecule is CCOC(=O)c1c(NC(C)=O)sc2c(Cl)c(C=Nc3ccccc3)cc(Br)c12. The zero-order valence-corrected chi connectivity index (χ0v) is 18.2. The monoisotopic (exact) mass is 478 g/mol. The van der Waals surface area contributed by atoms with E-state index in [-0.39, 0.29) is 18.1 Å². The van der Waals surface area contributed by atoms with Crippen LogP contribution >= 0.6 is 38.9 Å². The second-order valence-corrected chi connectivity index (χ2v) is 8.02. The molecule has 2 aromatic carbocycles. The van der Waals surface area contributed by atoms with E-state index in [0.717, 1.165) is 5.69 Å². The van der Waals surface area contributed by atoms with Crippen LogP contribution in [0.1, 0.15) is 29.8 Å². The number of carbonyl (C=O) groups excluding carboxylic acids is 2. The summed E-state index contributed by atoms with van der Waals surface area (Å²) in [6.45, 7) is 3.33. The van der Waals surface area contributed by atoms with Crippen LogP contribution in [0.5, 0.6) is 0 Å². The lowest BCUT2D eigenvalue weighted by molar-refractivity contribution is -0.114. The highest BCUT2D eigenvalue weighted by atomic mass is 79.9. The van der Waals surface area contributed by atoms with Crippen LogP contribution < -0.4 is 5.32 Å². The molecule has 0 saturated carbocycles. The van der Waals surface area contributed by atoms with Gasteiger partial charge < -0.3 is 10.1 Å². The summed E-state index contributed by atoms with van der Waals surface area (Å²) in [7, 11) is 0. The van der Waals surface area contributed by atoms with E-state index in [1.807, 2.05) is 30.3 Å². The Hall–Kier alpha value is -2.22. The largest absolute Gasteiger partial charge is 0.462 e. The number of benzene rings is 2. The van der Waals surface area contributed by atoms with Crippen molar-refractivity contribution in [3.8, 4) is 0 Å². The van der Waals surface area contributed by atoms with E-state index < -0.39 is 5.97 Å². The lowest BCUT2D eigenvalue weighted by Gasteiger charge is -2.07. The Bertz CT molecular complexity index is 1080. The molecule has 0 fully saturated rings. The molecule has 1 amide bonds. The van der Waals surface area contributed by atoms with Gasteiger partial charge in [0.25, 0.3) is 0 Å². The molecule has 3 rings (SSSR count). The number of para-hydroxylation sites is 1. The van der Waals surface area contributed by atoms with Crippen LogP contribution in [0.2, 0.25) is 5.02 Å². The number of ether oxygens (including phenoxy) is 1. The van der Waals surface area contributed by atoms with Crippen LogP contribution in [-0.2, 0) is 9.53 Å². The predicted octanol–water partition coefficient (Wildman–Crippen LogP) is 6.20. The second-order valence-electron chi connectivity index (χ2n) is 5.77. The first-order valence-corrected chi connectivity index (χ1v) is 10.4. The van der Waals surface area contributed by atoms with Gasteiger partial charge in [-0.1, -0.05) is 45.7 Å². The highest BCUT2D eigenvalue weighted by molar-refractivity contribution is 9.10. The van der Waals surface area contributed by atoms with Crippen molar-refractivity contribution in [3.05, 3.63) is 57.0 Å². The molecule has 0 saturated heterocycles. The third-order valence-electron chi connectivity index (χ3n) is 3.76. The summed E-state index contributed by atoms with van der Waals surface area (Å²) in [6.07, 6.45) is 1.67. The van der Waals surface area contributed by atoms with Gasteiger partial charge >= 0.3 is 5.97 Å². The van der Waals surface area contributed by atoms with E-state index in [4.69, 9.17) is 16.3 Å². The van der Waals surface area contributed by atoms with Crippen molar-refractivity contribution >= 4 is 77.7 Å². The van der Waals surface area contributed by atoms with Crippen molar-refractivity contribution in [3.63, 3.8) is 0 Å². The molecule has 8 heteroatoms. The highest BCUT2D eigenvalue weighted by Gasteiger charge is 2.25. The van der Waals surface area contributed by atoms with Crippen LogP contribution in [0.25, 0.3) is 10.1 Å². The molecule has 0 aliphatic heterocycles. The van der Waals surface area contributed by atoms with E-state index in [9.17, 15) is 9.59 Å². The quantitative estimate of drug-likeness (QED) is 0.350. The summed E-state index contributed by atoms with van der Waals surface area (Å²) in [5, 5.41) is 4.16. The molecule has 0 bridgehead atoms. The molecule has 0 atom stereocenters. The Morgan fingerprint density at radius 3 is 2.68 bits per heavy atom. The van der Waals surface area contributed by atoms with E-state index in [0.29, 0.717) is 30.1 Å². The van der Waals surface area contributed by atoms with Crippen molar-refractivity contribution in [2.45, 2.75) is 13.8 Å². The molecule has 0 aliphatic rings. The molecule has 1 N–H and O–H groups in total. The van der Waals surface area contributed by atoms with Gasteiger partial charge in [0.15, 0.2) is 0 Å². The number of nitrogens with one attached hydrogen (secondary N) is 1. The van der Waals surface area contributed by atoms with Gasteiger partial charge in [0.05, 0.1) is 22.0 Å². The molecule has 0 radical (unpaired) electrons. The summed E-state index contributed by atoms with van der Waals surface area (Å²) >= 11 is 11.4. The lowest BCUT2D eigenvalue weighted by Crippen LogP contribution is -2.11. The smallest absolute Gasteiger partial charge is 0.341 e. The Labute approximate surface area is 179 Å². The van der Waals surface area contributed by atoms with Crippen molar-refractivity contribution in [1.82, 2.24) is 0 Å². The average Bonchev–Trinajstić information content (AvgIpc) is 3.04. The van der Waals surface area contributed by atoms with Crippen molar-refractivity contribution in [2.75, 3.05) is 11.9 Å². The third kappa shape index (κ3) is 4.27. The second kappa shape index (κ2) is 8.86. The van der Waals surface area contributed by atoms with E-state index in [2.05, 4.69) is 26.2 Å². The minimum absolute atomic E-state index is 0.225. The fourth-order valence-electron chi connectivity index (χ4n) is 2.61. The topological polar surface area (TPSA) is 67.8 Å². The number of fused-ring (bicyclic) bond motifs is 1. The number of amides is 1. The van der Waals surface area contributed by atoms with Crippen LogP contribution in [0.15, 0.2) is 45.9 Å². The number of nitrogens with zero attached hydrogens (tertiary/aromatic N) is 1. The Morgan fingerprint density at radius 1 is 1.32 bits per heavy atom. The first-order chi connectivity index (χ1) is 13.4. The Kier molecular flexibility index (Phi) is 6.49. The first-order valence-electron chi connectivity index (χ1n) is 8.40. The van der Waals surface area contributed by atoms with Crippen LogP contribution in [0.4, 0.5) is 10.7 Å². The summed E-state index contributed by atoms with van der Waals surface area (Å²) in [6, 6.07) is 11.3. The van der Waals surface area contributed by atoms with Crippen molar-refractivity contribution in [2.24, 2.45) is 4.99 Å².